The maximum atomic E-state index is 13.2. The second kappa shape index (κ2) is 6.11. The van der Waals surface area contributed by atoms with Crippen molar-refractivity contribution in [3.63, 3.8) is 0 Å². The first-order valence-corrected chi connectivity index (χ1v) is 7.56. The van der Waals surface area contributed by atoms with Crippen LogP contribution in [0.15, 0.2) is 42.5 Å². The van der Waals surface area contributed by atoms with Crippen molar-refractivity contribution in [2.75, 3.05) is 0 Å². The Balaban J connectivity index is 2.15. The summed E-state index contributed by atoms with van der Waals surface area (Å²) in [6.45, 7) is 0. The number of nitrogens with zero attached hydrogens (tertiary/aromatic N) is 3. The maximum absolute atomic E-state index is 13.2. The van der Waals surface area contributed by atoms with Gasteiger partial charge in [0.05, 0.1) is 10.6 Å². The number of aryl methyl sites for hydroxylation is 1. The average molecular weight is 372 g/mol. The van der Waals surface area contributed by atoms with Gasteiger partial charge in [0.25, 0.3) is 0 Å². The molecular weight excluding hydrogens is 362 g/mol. The SMILES string of the molecule is Cn1nc(-c2ccc(Cl)cc2Cl)nc1-c1ccccc1C(F)(F)F. The first-order chi connectivity index (χ1) is 11.3. The lowest BCUT2D eigenvalue weighted by Crippen LogP contribution is -2.08. The maximum Gasteiger partial charge on any atom is 0.417 e. The minimum atomic E-state index is -4.49. The van der Waals surface area contributed by atoms with Crippen LogP contribution in [0.1, 0.15) is 5.56 Å². The van der Waals surface area contributed by atoms with Crippen LogP contribution >= 0.6 is 23.2 Å². The van der Waals surface area contributed by atoms with Gasteiger partial charge in [0, 0.05) is 23.2 Å². The number of halogens is 5. The molecule has 0 amide bonds. The van der Waals surface area contributed by atoms with Crippen molar-refractivity contribution in [1.29, 1.82) is 0 Å². The highest BCUT2D eigenvalue weighted by Gasteiger charge is 2.34. The summed E-state index contributed by atoms with van der Waals surface area (Å²) in [7, 11) is 1.53. The zero-order chi connectivity index (χ0) is 17.5. The third kappa shape index (κ3) is 3.12. The highest BCUT2D eigenvalue weighted by Crippen LogP contribution is 2.37. The largest absolute Gasteiger partial charge is 0.417 e. The van der Waals surface area contributed by atoms with E-state index in [9.17, 15) is 13.2 Å². The summed E-state index contributed by atoms with van der Waals surface area (Å²) in [5, 5.41) is 4.95. The molecule has 0 saturated carbocycles. The molecule has 3 nitrogen and oxygen atoms in total. The number of alkyl halides is 3. The van der Waals surface area contributed by atoms with Crippen molar-refractivity contribution in [3.05, 3.63) is 58.1 Å². The Kier molecular flexibility index (Phi) is 4.27. The van der Waals surface area contributed by atoms with Gasteiger partial charge in [-0.05, 0) is 24.3 Å². The van der Waals surface area contributed by atoms with E-state index in [-0.39, 0.29) is 17.2 Å². The number of benzene rings is 2. The van der Waals surface area contributed by atoms with Crippen LogP contribution < -0.4 is 0 Å². The molecule has 0 unspecified atom stereocenters. The van der Waals surface area contributed by atoms with Gasteiger partial charge in [-0.25, -0.2) is 9.67 Å². The molecule has 1 heterocycles. The Morgan fingerprint density at radius 2 is 1.71 bits per heavy atom. The van der Waals surface area contributed by atoms with Gasteiger partial charge in [0.15, 0.2) is 11.6 Å². The van der Waals surface area contributed by atoms with Gasteiger partial charge in [-0.2, -0.15) is 18.3 Å². The normalized spacial score (nSPS) is 11.8. The van der Waals surface area contributed by atoms with Crippen LogP contribution in [0.3, 0.4) is 0 Å². The Hall–Kier alpha value is -2.05. The van der Waals surface area contributed by atoms with Crippen molar-refractivity contribution in [1.82, 2.24) is 14.8 Å². The molecule has 2 aromatic carbocycles. The fraction of sp³-hybridized carbons (Fsp3) is 0.125. The van der Waals surface area contributed by atoms with Crippen LogP contribution in [0.5, 0.6) is 0 Å². The molecule has 1 aromatic heterocycles. The summed E-state index contributed by atoms with van der Waals surface area (Å²) < 4.78 is 40.9. The van der Waals surface area contributed by atoms with E-state index in [4.69, 9.17) is 23.2 Å². The molecule has 0 radical (unpaired) electrons. The number of aromatic nitrogens is 3. The summed E-state index contributed by atoms with van der Waals surface area (Å²) in [6, 6.07) is 9.99. The first kappa shape index (κ1) is 16.8. The highest BCUT2D eigenvalue weighted by molar-refractivity contribution is 6.36. The molecule has 0 fully saturated rings. The van der Waals surface area contributed by atoms with E-state index in [1.807, 2.05) is 0 Å². The summed E-state index contributed by atoms with van der Waals surface area (Å²) in [5.74, 6) is 0.329. The quantitative estimate of drug-likeness (QED) is 0.597. The molecule has 0 saturated heterocycles. The molecule has 8 heteroatoms. The fourth-order valence-corrected chi connectivity index (χ4v) is 2.82. The lowest BCUT2D eigenvalue weighted by molar-refractivity contribution is -0.137. The molecule has 0 aliphatic carbocycles. The monoisotopic (exact) mass is 371 g/mol. The van der Waals surface area contributed by atoms with Crippen LogP contribution in [-0.4, -0.2) is 14.8 Å². The molecule has 0 N–H and O–H groups in total. The topological polar surface area (TPSA) is 30.7 Å². The standard InChI is InChI=1S/C16H10Cl2F3N3/c1-24-15(10-4-2-3-5-12(10)16(19,20)21)22-14(23-24)11-7-6-9(17)8-13(11)18/h2-8H,1H3. The van der Waals surface area contributed by atoms with Crippen LogP contribution in [0.2, 0.25) is 10.0 Å². The van der Waals surface area contributed by atoms with Crippen LogP contribution in [-0.2, 0) is 13.2 Å². The van der Waals surface area contributed by atoms with Gasteiger partial charge in [-0.1, -0.05) is 41.4 Å². The summed E-state index contributed by atoms with van der Waals surface area (Å²) in [4.78, 5) is 4.24. The van der Waals surface area contributed by atoms with Crippen molar-refractivity contribution < 1.29 is 13.2 Å². The number of hydrogen-bond donors (Lipinski definition) is 0. The lowest BCUT2D eigenvalue weighted by Gasteiger charge is -2.11. The van der Waals surface area contributed by atoms with E-state index >= 15 is 0 Å². The predicted molar refractivity (Wildman–Crippen MR) is 86.9 cm³/mol. The average Bonchev–Trinajstić information content (AvgIpc) is 2.88. The molecule has 0 bridgehead atoms. The summed E-state index contributed by atoms with van der Waals surface area (Å²) >= 11 is 12.0. The molecule has 124 valence electrons. The smallest absolute Gasteiger partial charge is 0.248 e. The van der Waals surface area contributed by atoms with E-state index in [0.29, 0.717) is 15.6 Å². The van der Waals surface area contributed by atoms with Gasteiger partial charge in [0.2, 0.25) is 0 Å². The molecule has 0 aliphatic heterocycles. The van der Waals surface area contributed by atoms with Crippen molar-refractivity contribution in [2.24, 2.45) is 7.05 Å². The molecule has 24 heavy (non-hydrogen) atoms. The van der Waals surface area contributed by atoms with Gasteiger partial charge in [0.1, 0.15) is 0 Å². The molecule has 0 aliphatic rings. The van der Waals surface area contributed by atoms with E-state index in [1.165, 1.54) is 36.0 Å². The number of hydrogen-bond acceptors (Lipinski definition) is 2. The van der Waals surface area contributed by atoms with Crippen molar-refractivity contribution >= 4 is 23.2 Å². The third-order valence-corrected chi connectivity index (χ3v) is 3.96. The van der Waals surface area contributed by atoms with Gasteiger partial charge >= 0.3 is 6.18 Å². The van der Waals surface area contributed by atoms with E-state index in [2.05, 4.69) is 10.1 Å². The molecule has 3 aromatic rings. The van der Waals surface area contributed by atoms with Gasteiger partial charge in [-0.3, -0.25) is 0 Å². The summed E-state index contributed by atoms with van der Waals surface area (Å²) in [5.41, 5.74) is -0.321. The Morgan fingerprint density at radius 1 is 1.00 bits per heavy atom. The molecule has 0 spiro atoms. The lowest BCUT2D eigenvalue weighted by atomic mass is 10.1. The van der Waals surface area contributed by atoms with E-state index in [0.717, 1.165) is 6.07 Å². The predicted octanol–water partition coefficient (Wildman–Crippen LogP) is 5.47. The zero-order valence-corrected chi connectivity index (χ0v) is 13.8. The van der Waals surface area contributed by atoms with E-state index in [1.54, 1.807) is 12.1 Å². The Labute approximate surface area is 145 Å². The van der Waals surface area contributed by atoms with Crippen molar-refractivity contribution in [3.8, 4) is 22.8 Å². The Bertz CT molecular complexity index is 904. The van der Waals surface area contributed by atoms with Crippen LogP contribution in [0.25, 0.3) is 22.8 Å². The van der Waals surface area contributed by atoms with Crippen LogP contribution in [0.4, 0.5) is 13.2 Å². The van der Waals surface area contributed by atoms with Crippen molar-refractivity contribution in [2.45, 2.75) is 6.18 Å². The van der Waals surface area contributed by atoms with Crippen LogP contribution in [0, 0.1) is 0 Å². The summed E-state index contributed by atoms with van der Waals surface area (Å²) in [6.07, 6.45) is -4.49. The highest BCUT2D eigenvalue weighted by atomic mass is 35.5. The van der Waals surface area contributed by atoms with E-state index < -0.39 is 11.7 Å². The molecule has 3 rings (SSSR count). The minimum Gasteiger partial charge on any atom is -0.248 e. The Morgan fingerprint density at radius 3 is 2.38 bits per heavy atom. The minimum absolute atomic E-state index is 0.0451. The molecule has 0 atom stereocenters. The third-order valence-electron chi connectivity index (χ3n) is 3.41. The zero-order valence-electron chi connectivity index (χ0n) is 12.3. The van der Waals surface area contributed by atoms with Gasteiger partial charge in [-0.15, -0.1) is 0 Å². The second-order valence-electron chi connectivity index (χ2n) is 5.05. The first-order valence-electron chi connectivity index (χ1n) is 6.80. The molecular formula is C16H10Cl2F3N3. The second-order valence-corrected chi connectivity index (χ2v) is 5.89. The fourth-order valence-electron chi connectivity index (χ4n) is 2.33. The number of rotatable bonds is 2. The van der Waals surface area contributed by atoms with Gasteiger partial charge < -0.3 is 0 Å².